The molecule has 35 heavy (non-hydrogen) atoms. The van der Waals surface area contributed by atoms with Gasteiger partial charge in [0.15, 0.2) is 16.8 Å². The molecule has 6 nitrogen and oxygen atoms in total. The lowest BCUT2D eigenvalue weighted by Gasteiger charge is -2.16. The second-order valence-corrected chi connectivity index (χ2v) is 9.40. The molecule has 0 bridgehead atoms. The molecule has 4 rings (SSSR count). The van der Waals surface area contributed by atoms with Crippen LogP contribution >= 0.6 is 11.8 Å². The Morgan fingerprint density at radius 2 is 2.26 bits per heavy atom. The molecule has 1 atom stereocenters. The fraction of sp³-hybridized carbons (Fsp3) is 0.286. The third-order valence-electron chi connectivity index (χ3n) is 5.58. The van der Waals surface area contributed by atoms with E-state index in [2.05, 4.69) is 45.8 Å². The van der Waals surface area contributed by atoms with Gasteiger partial charge in [0.05, 0.1) is 11.9 Å². The first kappa shape index (κ1) is 24.5. The maximum Gasteiger partial charge on any atom is 0.196 e. The summed E-state index contributed by atoms with van der Waals surface area (Å²) in [6, 6.07) is 9.72. The molecule has 0 aliphatic heterocycles. The summed E-state index contributed by atoms with van der Waals surface area (Å²) in [5, 5.41) is 10.1. The van der Waals surface area contributed by atoms with Gasteiger partial charge in [0.2, 0.25) is 0 Å². The van der Waals surface area contributed by atoms with Crippen LogP contribution in [0.4, 0.5) is 0 Å². The second-order valence-electron chi connectivity index (χ2n) is 8.20. The number of ketones is 1. The van der Waals surface area contributed by atoms with Gasteiger partial charge in [-0.25, -0.2) is 0 Å². The molecule has 0 fully saturated rings. The van der Waals surface area contributed by atoms with Crippen LogP contribution in [0.25, 0.3) is 5.69 Å². The van der Waals surface area contributed by atoms with E-state index in [1.54, 1.807) is 18.0 Å². The topological polar surface area (TPSA) is 69.9 Å². The fourth-order valence-corrected chi connectivity index (χ4v) is 4.84. The number of pyridine rings is 1. The first-order chi connectivity index (χ1) is 17.1. The Balaban J connectivity index is 1.47. The Kier molecular flexibility index (Phi) is 8.53. The molecule has 1 aromatic carbocycles. The minimum absolute atomic E-state index is 0.00988. The molecular weight excluding hydrogens is 456 g/mol. The molecule has 1 unspecified atom stereocenters. The third kappa shape index (κ3) is 6.71. The lowest BCUT2D eigenvalue weighted by atomic mass is 10.1. The van der Waals surface area contributed by atoms with Gasteiger partial charge in [0.25, 0.3) is 0 Å². The number of ether oxygens (including phenoxy) is 1. The molecule has 0 saturated heterocycles. The number of hydrogen-bond acceptors (Lipinski definition) is 6. The maximum atomic E-state index is 11.3. The summed E-state index contributed by atoms with van der Waals surface area (Å²) in [5.74, 6) is 7.65. The van der Waals surface area contributed by atoms with Crippen molar-refractivity contribution in [1.29, 1.82) is 0 Å². The normalized spacial score (nSPS) is 14.7. The van der Waals surface area contributed by atoms with E-state index in [0.717, 1.165) is 40.6 Å². The SMILES string of the molecule is C=CC(=O)CCC#Cc1ccc(OCc2nnc(SC3C=CCCC3)n2-c2cccnc2)cc1C. The predicted molar refractivity (Wildman–Crippen MR) is 139 cm³/mol. The van der Waals surface area contributed by atoms with Crippen molar-refractivity contribution in [2.24, 2.45) is 0 Å². The Labute approximate surface area is 210 Å². The highest BCUT2D eigenvalue weighted by Crippen LogP contribution is 2.31. The summed E-state index contributed by atoms with van der Waals surface area (Å²) >= 11 is 1.72. The third-order valence-corrected chi connectivity index (χ3v) is 6.76. The first-order valence-electron chi connectivity index (χ1n) is 11.7. The standard InChI is InChI=1S/C28H28N4O2S/c1-3-24(33)12-8-7-10-22-15-16-25(18-21(22)2)34-20-27-30-31-28(35-26-13-5-4-6-14-26)32(27)23-11-9-17-29-19-23/h3,5,9,11,13,15-19,26H,1,4,6,8,12,14,20H2,2H3. The van der Waals surface area contributed by atoms with Crippen LogP contribution in [0, 0.1) is 18.8 Å². The number of aryl methyl sites for hydroxylation is 1. The zero-order valence-corrected chi connectivity index (χ0v) is 20.6. The van der Waals surface area contributed by atoms with E-state index >= 15 is 0 Å². The Morgan fingerprint density at radius 1 is 1.34 bits per heavy atom. The monoisotopic (exact) mass is 484 g/mol. The van der Waals surface area contributed by atoms with Gasteiger partial charge in [0, 0.05) is 29.9 Å². The molecule has 0 radical (unpaired) electrons. The van der Waals surface area contributed by atoms with Crippen molar-refractivity contribution in [3.63, 3.8) is 0 Å². The van der Waals surface area contributed by atoms with Gasteiger partial charge in [-0.2, -0.15) is 0 Å². The summed E-state index contributed by atoms with van der Waals surface area (Å²) in [6.45, 7) is 5.75. The van der Waals surface area contributed by atoms with Gasteiger partial charge < -0.3 is 4.74 Å². The smallest absolute Gasteiger partial charge is 0.196 e. The molecule has 2 aromatic heterocycles. The lowest BCUT2D eigenvalue weighted by Crippen LogP contribution is -2.09. The zero-order chi connectivity index (χ0) is 24.5. The first-order valence-corrected chi connectivity index (χ1v) is 12.6. The number of aromatic nitrogens is 4. The molecule has 0 amide bonds. The zero-order valence-electron chi connectivity index (χ0n) is 19.8. The number of carbonyl (C=O) groups is 1. The van der Waals surface area contributed by atoms with E-state index in [9.17, 15) is 4.79 Å². The minimum atomic E-state index is 0.00988. The van der Waals surface area contributed by atoms with Crippen molar-refractivity contribution in [2.45, 2.75) is 56.0 Å². The number of carbonyl (C=O) groups excluding carboxylic acids is 1. The van der Waals surface area contributed by atoms with Crippen LogP contribution in [0.3, 0.4) is 0 Å². The molecule has 1 aliphatic carbocycles. The number of hydrogen-bond donors (Lipinski definition) is 0. The van der Waals surface area contributed by atoms with Crippen molar-refractivity contribution >= 4 is 17.5 Å². The van der Waals surface area contributed by atoms with E-state index in [-0.39, 0.29) is 12.4 Å². The summed E-state index contributed by atoms with van der Waals surface area (Å²) in [6.07, 6.45) is 13.8. The predicted octanol–water partition coefficient (Wildman–Crippen LogP) is 5.64. The lowest BCUT2D eigenvalue weighted by molar-refractivity contribution is -0.114. The second kappa shape index (κ2) is 12.2. The van der Waals surface area contributed by atoms with Gasteiger partial charge in [0.1, 0.15) is 12.4 Å². The van der Waals surface area contributed by atoms with Crippen molar-refractivity contribution in [1.82, 2.24) is 19.7 Å². The summed E-state index contributed by atoms with van der Waals surface area (Å²) in [7, 11) is 0. The van der Waals surface area contributed by atoms with Crippen molar-refractivity contribution < 1.29 is 9.53 Å². The molecule has 3 aromatic rings. The van der Waals surface area contributed by atoms with E-state index in [1.807, 2.05) is 48.0 Å². The van der Waals surface area contributed by atoms with Crippen LogP contribution in [-0.2, 0) is 11.4 Å². The van der Waals surface area contributed by atoms with Crippen LogP contribution in [0.2, 0.25) is 0 Å². The minimum Gasteiger partial charge on any atom is -0.486 e. The van der Waals surface area contributed by atoms with Gasteiger partial charge in [-0.1, -0.05) is 42.3 Å². The number of benzene rings is 1. The average Bonchev–Trinajstić information content (AvgIpc) is 3.29. The molecule has 178 valence electrons. The van der Waals surface area contributed by atoms with Gasteiger partial charge in [-0.15, -0.1) is 10.2 Å². The molecule has 0 N–H and O–H groups in total. The van der Waals surface area contributed by atoms with Crippen molar-refractivity contribution in [2.75, 3.05) is 0 Å². The quantitative estimate of drug-likeness (QED) is 0.222. The maximum absolute atomic E-state index is 11.3. The highest BCUT2D eigenvalue weighted by molar-refractivity contribution is 7.99. The number of allylic oxidation sites excluding steroid dienone is 2. The van der Waals surface area contributed by atoms with E-state index in [1.165, 1.54) is 12.5 Å². The Hall–Kier alpha value is -3.63. The van der Waals surface area contributed by atoms with Crippen LogP contribution in [0.15, 0.2) is 72.7 Å². The van der Waals surface area contributed by atoms with E-state index in [4.69, 9.17) is 4.74 Å². The average molecular weight is 485 g/mol. The van der Waals surface area contributed by atoms with E-state index < -0.39 is 0 Å². The highest BCUT2D eigenvalue weighted by Gasteiger charge is 2.19. The number of thioether (sulfide) groups is 1. The van der Waals surface area contributed by atoms with Crippen LogP contribution in [0.5, 0.6) is 5.75 Å². The van der Waals surface area contributed by atoms with Gasteiger partial charge in [-0.05, 0) is 68.2 Å². The van der Waals surface area contributed by atoms with Crippen molar-refractivity contribution in [3.05, 3.63) is 84.5 Å². The largest absolute Gasteiger partial charge is 0.486 e. The Morgan fingerprint density at radius 3 is 3.00 bits per heavy atom. The summed E-state index contributed by atoms with van der Waals surface area (Å²) in [5.41, 5.74) is 2.84. The molecule has 2 heterocycles. The van der Waals surface area contributed by atoms with Gasteiger partial charge in [-0.3, -0.25) is 14.3 Å². The van der Waals surface area contributed by atoms with Crippen molar-refractivity contribution in [3.8, 4) is 23.3 Å². The summed E-state index contributed by atoms with van der Waals surface area (Å²) < 4.78 is 8.12. The highest BCUT2D eigenvalue weighted by atomic mass is 32.2. The molecule has 0 saturated carbocycles. The summed E-state index contributed by atoms with van der Waals surface area (Å²) in [4.78, 5) is 15.6. The van der Waals surface area contributed by atoms with Crippen LogP contribution in [-0.4, -0.2) is 30.8 Å². The van der Waals surface area contributed by atoms with Crippen LogP contribution in [0.1, 0.15) is 49.1 Å². The molecule has 7 heteroatoms. The van der Waals surface area contributed by atoms with Gasteiger partial charge >= 0.3 is 0 Å². The number of rotatable bonds is 9. The molecule has 0 spiro atoms. The van der Waals surface area contributed by atoms with E-state index in [0.29, 0.717) is 23.9 Å². The molecule has 1 aliphatic rings. The van der Waals surface area contributed by atoms with Crippen LogP contribution < -0.4 is 4.74 Å². The molecular formula is C28H28N4O2S. The number of nitrogens with zero attached hydrogens (tertiary/aromatic N) is 4. The fourth-order valence-electron chi connectivity index (χ4n) is 3.69. The Bertz CT molecular complexity index is 1270.